The summed E-state index contributed by atoms with van der Waals surface area (Å²) in [6.07, 6.45) is 1.18. The van der Waals surface area contributed by atoms with Crippen molar-refractivity contribution >= 4 is 39.5 Å². The summed E-state index contributed by atoms with van der Waals surface area (Å²) in [6.45, 7) is 5.61. The standard InChI is InChI=1S/C22H24BrClN2O3/c1-21(2,3)29-20(28)25-13-14-6-4-5-7-18(14)19(27)26-22(8-9-22)15-10-16(23)12-17(24)11-15/h4-7,10-12H,8-9,13H2,1-3H3,(H,25,28)(H,26,27). The fourth-order valence-corrected chi connectivity index (χ4v) is 3.96. The first kappa shape index (κ1) is 21.7. The molecule has 0 atom stereocenters. The summed E-state index contributed by atoms with van der Waals surface area (Å²) >= 11 is 9.65. The van der Waals surface area contributed by atoms with E-state index < -0.39 is 17.2 Å². The van der Waals surface area contributed by atoms with Crippen molar-refractivity contribution in [1.29, 1.82) is 0 Å². The molecule has 0 heterocycles. The highest BCUT2D eigenvalue weighted by atomic mass is 79.9. The molecule has 29 heavy (non-hydrogen) atoms. The number of nitrogens with one attached hydrogen (secondary N) is 2. The number of amides is 2. The van der Waals surface area contributed by atoms with Crippen molar-refractivity contribution in [2.75, 3.05) is 0 Å². The van der Waals surface area contributed by atoms with Gasteiger partial charge in [-0.1, -0.05) is 45.7 Å². The highest BCUT2D eigenvalue weighted by Gasteiger charge is 2.46. The monoisotopic (exact) mass is 478 g/mol. The van der Waals surface area contributed by atoms with Crippen LogP contribution in [0.15, 0.2) is 46.9 Å². The van der Waals surface area contributed by atoms with Gasteiger partial charge in [0.2, 0.25) is 0 Å². The second-order valence-electron chi connectivity index (χ2n) is 8.21. The average Bonchev–Trinajstić information content (AvgIpc) is 3.38. The molecular weight excluding hydrogens is 456 g/mol. The summed E-state index contributed by atoms with van der Waals surface area (Å²) in [7, 11) is 0. The number of benzene rings is 2. The topological polar surface area (TPSA) is 67.4 Å². The Balaban J connectivity index is 1.72. The van der Waals surface area contributed by atoms with E-state index in [4.69, 9.17) is 16.3 Å². The molecule has 2 N–H and O–H groups in total. The van der Waals surface area contributed by atoms with Gasteiger partial charge in [0.1, 0.15) is 5.60 Å². The molecule has 7 heteroatoms. The number of ether oxygens (including phenoxy) is 1. The van der Waals surface area contributed by atoms with Crippen molar-refractivity contribution in [3.05, 3.63) is 68.7 Å². The number of halogens is 2. The highest BCUT2D eigenvalue weighted by molar-refractivity contribution is 9.10. The highest BCUT2D eigenvalue weighted by Crippen LogP contribution is 2.47. The third-order valence-electron chi connectivity index (χ3n) is 4.60. The quantitative estimate of drug-likeness (QED) is 0.591. The van der Waals surface area contributed by atoms with E-state index >= 15 is 0 Å². The van der Waals surface area contributed by atoms with Crippen molar-refractivity contribution in [2.45, 2.75) is 51.3 Å². The molecule has 0 bridgehead atoms. The first-order chi connectivity index (χ1) is 13.6. The van der Waals surface area contributed by atoms with Gasteiger partial charge in [0, 0.05) is 21.6 Å². The van der Waals surface area contributed by atoms with Gasteiger partial charge in [0.25, 0.3) is 5.91 Å². The van der Waals surface area contributed by atoms with E-state index in [2.05, 4.69) is 26.6 Å². The maximum Gasteiger partial charge on any atom is 0.407 e. The van der Waals surface area contributed by atoms with Crippen LogP contribution in [0.5, 0.6) is 0 Å². The number of hydrogen-bond acceptors (Lipinski definition) is 3. The summed E-state index contributed by atoms with van der Waals surface area (Å²) in [5.41, 5.74) is 1.24. The molecule has 0 aromatic heterocycles. The molecule has 154 valence electrons. The van der Waals surface area contributed by atoms with Gasteiger partial charge < -0.3 is 15.4 Å². The molecule has 2 aromatic carbocycles. The van der Waals surface area contributed by atoms with Gasteiger partial charge in [0.15, 0.2) is 0 Å². The fraction of sp³-hybridized carbons (Fsp3) is 0.364. The Labute approximate surface area is 184 Å². The number of rotatable bonds is 5. The molecule has 2 aromatic rings. The normalized spacial score (nSPS) is 14.8. The van der Waals surface area contributed by atoms with Gasteiger partial charge in [0.05, 0.1) is 5.54 Å². The van der Waals surface area contributed by atoms with Crippen LogP contribution in [-0.2, 0) is 16.8 Å². The zero-order chi connectivity index (χ0) is 21.2. The van der Waals surface area contributed by atoms with Crippen LogP contribution in [0.2, 0.25) is 5.02 Å². The van der Waals surface area contributed by atoms with Gasteiger partial charge in [-0.15, -0.1) is 0 Å². The predicted octanol–water partition coefficient (Wildman–Crippen LogP) is 5.55. The number of carbonyl (C=O) groups is 2. The molecule has 2 amide bonds. The Kier molecular flexibility index (Phi) is 6.24. The molecule has 1 saturated carbocycles. The summed E-state index contributed by atoms with van der Waals surface area (Å²) in [5.74, 6) is -0.180. The summed E-state index contributed by atoms with van der Waals surface area (Å²) in [5, 5.41) is 6.49. The van der Waals surface area contributed by atoms with Gasteiger partial charge in [-0.25, -0.2) is 4.79 Å². The Hall–Kier alpha value is -2.05. The van der Waals surface area contributed by atoms with Crippen LogP contribution in [-0.4, -0.2) is 17.6 Å². The first-order valence-corrected chi connectivity index (χ1v) is 10.6. The third-order valence-corrected chi connectivity index (χ3v) is 5.28. The Morgan fingerprint density at radius 3 is 2.48 bits per heavy atom. The number of hydrogen-bond donors (Lipinski definition) is 2. The van der Waals surface area contributed by atoms with Crippen LogP contribution in [0, 0.1) is 0 Å². The average molecular weight is 480 g/mol. The lowest BCUT2D eigenvalue weighted by Crippen LogP contribution is -2.36. The van der Waals surface area contributed by atoms with Crippen molar-refractivity contribution in [3.8, 4) is 0 Å². The van der Waals surface area contributed by atoms with E-state index in [9.17, 15) is 9.59 Å². The minimum Gasteiger partial charge on any atom is -0.444 e. The van der Waals surface area contributed by atoms with Gasteiger partial charge >= 0.3 is 6.09 Å². The van der Waals surface area contributed by atoms with E-state index in [1.165, 1.54) is 0 Å². The maximum absolute atomic E-state index is 13.0. The number of carbonyl (C=O) groups excluding carboxylic acids is 2. The van der Waals surface area contributed by atoms with E-state index in [-0.39, 0.29) is 12.5 Å². The second kappa shape index (κ2) is 8.36. The van der Waals surface area contributed by atoms with E-state index in [0.717, 1.165) is 28.4 Å². The molecular formula is C22H24BrClN2O3. The van der Waals surface area contributed by atoms with E-state index in [0.29, 0.717) is 10.6 Å². The van der Waals surface area contributed by atoms with Crippen LogP contribution in [0.25, 0.3) is 0 Å². The van der Waals surface area contributed by atoms with Crippen LogP contribution in [0.4, 0.5) is 4.79 Å². The lowest BCUT2D eigenvalue weighted by Gasteiger charge is -2.21. The lowest BCUT2D eigenvalue weighted by molar-refractivity contribution is 0.0522. The van der Waals surface area contributed by atoms with Crippen LogP contribution in [0.3, 0.4) is 0 Å². The smallest absolute Gasteiger partial charge is 0.407 e. The van der Waals surface area contributed by atoms with E-state index in [1.807, 2.05) is 30.3 Å². The lowest BCUT2D eigenvalue weighted by atomic mass is 10.0. The molecule has 0 spiro atoms. The van der Waals surface area contributed by atoms with Crippen LogP contribution >= 0.6 is 27.5 Å². The summed E-state index contributed by atoms with van der Waals surface area (Å²) in [6, 6.07) is 12.9. The SMILES string of the molecule is CC(C)(C)OC(=O)NCc1ccccc1C(=O)NC1(c2cc(Cl)cc(Br)c2)CC1. The second-order valence-corrected chi connectivity index (χ2v) is 9.56. The van der Waals surface area contributed by atoms with Crippen molar-refractivity contribution < 1.29 is 14.3 Å². The molecule has 1 fully saturated rings. The zero-order valence-electron chi connectivity index (χ0n) is 16.6. The van der Waals surface area contributed by atoms with Gasteiger partial charge in [-0.3, -0.25) is 4.79 Å². The zero-order valence-corrected chi connectivity index (χ0v) is 19.0. The van der Waals surface area contributed by atoms with Gasteiger partial charge in [-0.2, -0.15) is 0 Å². The Morgan fingerprint density at radius 1 is 1.17 bits per heavy atom. The largest absolute Gasteiger partial charge is 0.444 e. The molecule has 0 radical (unpaired) electrons. The predicted molar refractivity (Wildman–Crippen MR) is 117 cm³/mol. The molecule has 1 aliphatic carbocycles. The molecule has 0 unspecified atom stereocenters. The third kappa shape index (κ3) is 5.73. The van der Waals surface area contributed by atoms with Gasteiger partial charge in [-0.05, 0) is 69.0 Å². The Bertz CT molecular complexity index is 916. The molecule has 3 rings (SSSR count). The van der Waals surface area contributed by atoms with Crippen molar-refractivity contribution in [3.63, 3.8) is 0 Å². The summed E-state index contributed by atoms with van der Waals surface area (Å²) in [4.78, 5) is 25.0. The van der Waals surface area contributed by atoms with Crippen LogP contribution in [0.1, 0.15) is 55.1 Å². The molecule has 5 nitrogen and oxygen atoms in total. The van der Waals surface area contributed by atoms with E-state index in [1.54, 1.807) is 32.9 Å². The fourth-order valence-electron chi connectivity index (χ4n) is 3.10. The van der Waals surface area contributed by atoms with Crippen LogP contribution < -0.4 is 10.6 Å². The van der Waals surface area contributed by atoms with Crippen molar-refractivity contribution in [2.24, 2.45) is 0 Å². The Morgan fingerprint density at radius 2 is 1.86 bits per heavy atom. The first-order valence-electron chi connectivity index (χ1n) is 9.42. The summed E-state index contributed by atoms with van der Waals surface area (Å²) < 4.78 is 6.14. The molecule has 0 aliphatic heterocycles. The molecule has 0 saturated heterocycles. The minimum absolute atomic E-state index is 0.180. The van der Waals surface area contributed by atoms with Crippen molar-refractivity contribution in [1.82, 2.24) is 10.6 Å². The molecule has 1 aliphatic rings. The number of alkyl carbamates (subject to hydrolysis) is 1. The minimum atomic E-state index is -0.579. The maximum atomic E-state index is 13.0.